The van der Waals surface area contributed by atoms with Crippen molar-refractivity contribution in [1.82, 2.24) is 14.9 Å². The lowest BCUT2D eigenvalue weighted by Crippen LogP contribution is -2.27. The highest BCUT2D eigenvalue weighted by molar-refractivity contribution is 7.18. The van der Waals surface area contributed by atoms with Crippen molar-refractivity contribution in [1.29, 1.82) is 0 Å². The number of para-hydroxylation sites is 1. The summed E-state index contributed by atoms with van der Waals surface area (Å²) in [6, 6.07) is 7.54. The van der Waals surface area contributed by atoms with Gasteiger partial charge in [0.05, 0.1) is 18.8 Å². The number of carbonyl (C=O) groups excluding carboxylic acids is 1. The van der Waals surface area contributed by atoms with Crippen molar-refractivity contribution in [2.24, 2.45) is 0 Å². The highest BCUT2D eigenvalue weighted by Gasteiger charge is 2.13. The van der Waals surface area contributed by atoms with E-state index in [0.29, 0.717) is 18.5 Å². The van der Waals surface area contributed by atoms with Crippen molar-refractivity contribution in [3.63, 3.8) is 0 Å². The highest BCUT2D eigenvalue weighted by Crippen LogP contribution is 2.25. The monoisotopic (exact) mass is 371 g/mol. The van der Waals surface area contributed by atoms with Gasteiger partial charge in [-0.05, 0) is 25.5 Å². The summed E-state index contributed by atoms with van der Waals surface area (Å²) in [6.45, 7) is 4.60. The van der Waals surface area contributed by atoms with Gasteiger partial charge in [-0.1, -0.05) is 18.2 Å². The predicted molar refractivity (Wildman–Crippen MR) is 103 cm³/mol. The summed E-state index contributed by atoms with van der Waals surface area (Å²) in [5, 5.41) is 3.52. The Morgan fingerprint density at radius 3 is 2.85 bits per heavy atom. The van der Waals surface area contributed by atoms with Crippen LogP contribution in [0.2, 0.25) is 0 Å². The molecule has 0 saturated carbocycles. The molecule has 1 amide bonds. The molecule has 2 heterocycles. The molecule has 0 bridgehead atoms. The zero-order valence-corrected chi connectivity index (χ0v) is 15.9. The maximum absolute atomic E-state index is 12.6. The number of carbonyl (C=O) groups is 1. The quantitative estimate of drug-likeness (QED) is 0.723. The summed E-state index contributed by atoms with van der Waals surface area (Å²) in [4.78, 5) is 31.0. The molecule has 7 heteroatoms. The van der Waals surface area contributed by atoms with E-state index in [0.717, 1.165) is 26.6 Å². The topological polar surface area (TPSA) is 73.2 Å². The molecule has 136 valence electrons. The molecule has 0 aliphatic heterocycles. The molecule has 1 aromatic carbocycles. The maximum Gasteiger partial charge on any atom is 0.262 e. The van der Waals surface area contributed by atoms with E-state index >= 15 is 0 Å². The molecule has 0 atom stereocenters. The summed E-state index contributed by atoms with van der Waals surface area (Å²) in [7, 11) is 1.60. The Labute approximate surface area is 155 Å². The standard InChI is InChI=1S/C19H21N3O3S/c1-12-13(2)26-18-17(12)19(24)22(11-21-18)9-8-16(23)20-10-14-6-4-5-7-15(14)25-3/h4-7,11H,8-10H2,1-3H3,(H,20,23). The molecular weight excluding hydrogens is 350 g/mol. The van der Waals surface area contributed by atoms with Crippen LogP contribution in [0.4, 0.5) is 0 Å². The molecule has 0 spiro atoms. The molecule has 0 saturated heterocycles. The fourth-order valence-electron chi connectivity index (χ4n) is 2.78. The minimum absolute atomic E-state index is 0.0885. The van der Waals surface area contributed by atoms with Crippen LogP contribution in [-0.2, 0) is 17.9 Å². The third kappa shape index (κ3) is 3.62. The second-order valence-corrected chi connectivity index (χ2v) is 7.25. The number of nitrogens with one attached hydrogen (secondary N) is 1. The van der Waals surface area contributed by atoms with Crippen LogP contribution >= 0.6 is 11.3 Å². The highest BCUT2D eigenvalue weighted by atomic mass is 32.1. The summed E-state index contributed by atoms with van der Waals surface area (Å²) < 4.78 is 6.78. The van der Waals surface area contributed by atoms with Crippen LogP contribution in [0.5, 0.6) is 5.75 Å². The second-order valence-electron chi connectivity index (χ2n) is 6.05. The molecule has 2 aromatic heterocycles. The van der Waals surface area contributed by atoms with Crippen molar-refractivity contribution < 1.29 is 9.53 Å². The number of aryl methyl sites for hydroxylation is 3. The minimum Gasteiger partial charge on any atom is -0.496 e. The number of ether oxygens (including phenoxy) is 1. The van der Waals surface area contributed by atoms with E-state index in [2.05, 4.69) is 10.3 Å². The molecule has 3 aromatic rings. The van der Waals surface area contributed by atoms with Crippen molar-refractivity contribution in [2.45, 2.75) is 33.4 Å². The van der Waals surface area contributed by atoms with Crippen molar-refractivity contribution in [2.75, 3.05) is 7.11 Å². The first-order valence-corrected chi connectivity index (χ1v) is 9.16. The number of fused-ring (bicyclic) bond motifs is 1. The Balaban J connectivity index is 1.65. The van der Waals surface area contributed by atoms with Gasteiger partial charge >= 0.3 is 0 Å². The Hall–Kier alpha value is -2.67. The van der Waals surface area contributed by atoms with Crippen LogP contribution in [0.25, 0.3) is 10.2 Å². The first kappa shape index (κ1) is 18.1. The SMILES string of the molecule is COc1ccccc1CNC(=O)CCn1cnc2sc(C)c(C)c2c1=O. The first-order valence-electron chi connectivity index (χ1n) is 8.35. The fourth-order valence-corrected chi connectivity index (χ4v) is 3.77. The lowest BCUT2D eigenvalue weighted by Gasteiger charge is -2.10. The Kier molecular flexibility index (Phi) is 5.37. The van der Waals surface area contributed by atoms with Crippen LogP contribution in [0, 0.1) is 13.8 Å². The molecule has 6 nitrogen and oxygen atoms in total. The van der Waals surface area contributed by atoms with Gasteiger partial charge in [-0.3, -0.25) is 14.2 Å². The number of methoxy groups -OCH3 is 1. The Morgan fingerprint density at radius 1 is 1.31 bits per heavy atom. The second kappa shape index (κ2) is 7.70. The smallest absolute Gasteiger partial charge is 0.262 e. The van der Waals surface area contributed by atoms with Gasteiger partial charge in [-0.15, -0.1) is 11.3 Å². The number of hydrogen-bond acceptors (Lipinski definition) is 5. The lowest BCUT2D eigenvalue weighted by molar-refractivity contribution is -0.121. The fraction of sp³-hybridized carbons (Fsp3) is 0.316. The zero-order valence-electron chi connectivity index (χ0n) is 15.0. The molecular formula is C19H21N3O3S. The van der Waals surface area contributed by atoms with Gasteiger partial charge < -0.3 is 10.1 Å². The molecule has 0 aliphatic carbocycles. The van der Waals surface area contributed by atoms with Gasteiger partial charge in [-0.2, -0.15) is 0 Å². The van der Waals surface area contributed by atoms with E-state index in [1.54, 1.807) is 7.11 Å². The maximum atomic E-state index is 12.6. The first-order chi connectivity index (χ1) is 12.5. The number of rotatable bonds is 6. The van der Waals surface area contributed by atoms with Crippen LogP contribution < -0.4 is 15.6 Å². The van der Waals surface area contributed by atoms with E-state index < -0.39 is 0 Å². The van der Waals surface area contributed by atoms with E-state index in [1.165, 1.54) is 22.2 Å². The average Bonchev–Trinajstić information content (AvgIpc) is 2.94. The molecule has 0 aliphatic rings. The molecule has 0 radical (unpaired) electrons. The number of thiophene rings is 1. The van der Waals surface area contributed by atoms with Gasteiger partial charge in [0.25, 0.3) is 5.56 Å². The Morgan fingerprint density at radius 2 is 2.08 bits per heavy atom. The molecule has 3 rings (SSSR count). The summed E-state index contributed by atoms with van der Waals surface area (Å²) in [6.07, 6.45) is 1.73. The Bertz CT molecular complexity index is 1010. The van der Waals surface area contributed by atoms with Gasteiger partial charge in [0.2, 0.25) is 5.91 Å². The zero-order chi connectivity index (χ0) is 18.7. The number of aromatic nitrogens is 2. The van der Waals surface area contributed by atoms with E-state index in [9.17, 15) is 9.59 Å². The number of benzene rings is 1. The van der Waals surface area contributed by atoms with Gasteiger partial charge in [0.1, 0.15) is 10.6 Å². The van der Waals surface area contributed by atoms with E-state index in [1.807, 2.05) is 38.1 Å². The predicted octanol–water partition coefficient (Wildman–Crippen LogP) is 2.79. The van der Waals surface area contributed by atoms with Crippen molar-refractivity contribution in [3.8, 4) is 5.75 Å². The van der Waals surface area contributed by atoms with E-state index in [4.69, 9.17) is 4.74 Å². The number of nitrogens with zero attached hydrogens (tertiary/aromatic N) is 2. The third-order valence-electron chi connectivity index (χ3n) is 4.40. The largest absolute Gasteiger partial charge is 0.496 e. The van der Waals surface area contributed by atoms with Crippen LogP contribution in [-0.4, -0.2) is 22.6 Å². The van der Waals surface area contributed by atoms with Crippen LogP contribution in [0.15, 0.2) is 35.4 Å². The summed E-state index contributed by atoms with van der Waals surface area (Å²) in [5.41, 5.74) is 1.79. The number of hydrogen-bond donors (Lipinski definition) is 1. The lowest BCUT2D eigenvalue weighted by atomic mass is 10.2. The van der Waals surface area contributed by atoms with Crippen LogP contribution in [0.3, 0.4) is 0 Å². The van der Waals surface area contributed by atoms with Gasteiger partial charge in [0, 0.05) is 30.0 Å². The van der Waals surface area contributed by atoms with Crippen molar-refractivity contribution in [3.05, 3.63) is 57.0 Å². The third-order valence-corrected chi connectivity index (χ3v) is 5.52. The molecule has 0 fully saturated rings. The van der Waals surface area contributed by atoms with Gasteiger partial charge in [-0.25, -0.2) is 4.98 Å². The van der Waals surface area contributed by atoms with Crippen molar-refractivity contribution >= 4 is 27.5 Å². The minimum atomic E-state index is -0.124. The number of amides is 1. The average molecular weight is 371 g/mol. The van der Waals surface area contributed by atoms with E-state index in [-0.39, 0.29) is 17.9 Å². The van der Waals surface area contributed by atoms with Gasteiger partial charge in [0.15, 0.2) is 0 Å². The molecule has 0 unspecified atom stereocenters. The normalized spacial score (nSPS) is 10.9. The molecule has 1 N–H and O–H groups in total. The summed E-state index contributed by atoms with van der Waals surface area (Å²) >= 11 is 1.52. The van der Waals surface area contributed by atoms with Crippen LogP contribution in [0.1, 0.15) is 22.4 Å². The summed E-state index contributed by atoms with van der Waals surface area (Å²) in [5.74, 6) is 0.614. The molecule has 26 heavy (non-hydrogen) atoms.